The Morgan fingerprint density at radius 3 is 2.65 bits per heavy atom. The molecule has 106 valence electrons. The van der Waals surface area contributed by atoms with Crippen molar-refractivity contribution in [3.63, 3.8) is 0 Å². The van der Waals surface area contributed by atoms with Gasteiger partial charge in [-0.3, -0.25) is 0 Å². The lowest BCUT2D eigenvalue weighted by molar-refractivity contribution is 0.00348. The van der Waals surface area contributed by atoms with Crippen LogP contribution in [0.2, 0.25) is 0 Å². The van der Waals surface area contributed by atoms with Crippen LogP contribution in [-0.4, -0.2) is 33.4 Å². The van der Waals surface area contributed by atoms with Gasteiger partial charge >= 0.3 is 0 Å². The van der Waals surface area contributed by atoms with Crippen LogP contribution in [0.25, 0.3) is 11.4 Å². The van der Waals surface area contributed by atoms with Crippen LogP contribution in [0, 0.1) is 0 Å². The van der Waals surface area contributed by atoms with Crippen LogP contribution in [0.3, 0.4) is 0 Å². The fourth-order valence-electron chi connectivity index (χ4n) is 2.62. The predicted molar refractivity (Wildman–Crippen MR) is 75.8 cm³/mol. The van der Waals surface area contributed by atoms with Crippen molar-refractivity contribution < 1.29 is 4.74 Å². The number of benzene rings is 1. The van der Waals surface area contributed by atoms with E-state index in [0.717, 1.165) is 25.0 Å². The Morgan fingerprint density at radius 2 is 2.00 bits per heavy atom. The normalized spacial score (nSPS) is 22.9. The molecule has 1 aromatic carbocycles. The molecule has 7 heteroatoms. The summed E-state index contributed by atoms with van der Waals surface area (Å²) in [7, 11) is 0. The lowest BCUT2D eigenvalue weighted by atomic mass is 9.94. The zero-order valence-corrected chi connectivity index (χ0v) is 11.4. The van der Waals surface area contributed by atoms with E-state index in [1.807, 2.05) is 16.8 Å². The molecule has 1 aliphatic rings. The van der Waals surface area contributed by atoms with Gasteiger partial charge in [0.1, 0.15) is 0 Å². The summed E-state index contributed by atoms with van der Waals surface area (Å²) in [4.78, 5) is 0. The SMILES string of the molecule is CC1(n2nnnc2-c2cc(N)cc(N)c2)CCCOC1. The molecule has 0 radical (unpaired) electrons. The van der Waals surface area contributed by atoms with Crippen molar-refractivity contribution in [1.82, 2.24) is 20.2 Å². The van der Waals surface area contributed by atoms with E-state index in [2.05, 4.69) is 22.4 Å². The molecule has 4 N–H and O–H groups in total. The third-order valence-corrected chi connectivity index (χ3v) is 3.63. The number of aromatic nitrogens is 4. The molecule has 0 amide bonds. The summed E-state index contributed by atoms with van der Waals surface area (Å²) in [6.07, 6.45) is 1.97. The first-order valence-electron chi connectivity index (χ1n) is 6.61. The maximum absolute atomic E-state index is 5.84. The Hall–Kier alpha value is -2.15. The molecule has 1 unspecified atom stereocenters. The first-order valence-corrected chi connectivity index (χ1v) is 6.61. The lowest BCUT2D eigenvalue weighted by Crippen LogP contribution is -2.40. The predicted octanol–water partition coefficient (Wildman–Crippen LogP) is 1.03. The third kappa shape index (κ3) is 2.20. The largest absolute Gasteiger partial charge is 0.399 e. The van der Waals surface area contributed by atoms with Gasteiger partial charge in [0.15, 0.2) is 5.82 Å². The molecule has 2 aromatic rings. The number of hydrogen-bond acceptors (Lipinski definition) is 6. The van der Waals surface area contributed by atoms with Gasteiger partial charge in [0, 0.05) is 23.5 Å². The van der Waals surface area contributed by atoms with E-state index in [-0.39, 0.29) is 5.54 Å². The van der Waals surface area contributed by atoms with E-state index in [1.54, 1.807) is 6.07 Å². The van der Waals surface area contributed by atoms with Crippen molar-refractivity contribution in [3.05, 3.63) is 18.2 Å². The summed E-state index contributed by atoms with van der Waals surface area (Å²) in [5.41, 5.74) is 13.5. The molecular weight excluding hydrogens is 256 g/mol. The molecule has 0 spiro atoms. The van der Waals surface area contributed by atoms with Crippen molar-refractivity contribution in [2.75, 3.05) is 24.7 Å². The molecule has 0 bridgehead atoms. The number of nitrogen functional groups attached to an aromatic ring is 2. The molecule has 1 fully saturated rings. The van der Waals surface area contributed by atoms with Crippen molar-refractivity contribution in [1.29, 1.82) is 0 Å². The van der Waals surface area contributed by atoms with Gasteiger partial charge in [-0.05, 0) is 48.4 Å². The fourth-order valence-corrected chi connectivity index (χ4v) is 2.62. The third-order valence-electron chi connectivity index (χ3n) is 3.63. The van der Waals surface area contributed by atoms with Crippen molar-refractivity contribution in [2.24, 2.45) is 0 Å². The van der Waals surface area contributed by atoms with Gasteiger partial charge in [0.25, 0.3) is 0 Å². The minimum absolute atomic E-state index is 0.240. The van der Waals surface area contributed by atoms with E-state index in [9.17, 15) is 0 Å². The molecule has 3 rings (SSSR count). The van der Waals surface area contributed by atoms with Gasteiger partial charge in [0.2, 0.25) is 0 Å². The lowest BCUT2D eigenvalue weighted by Gasteiger charge is -2.33. The first-order chi connectivity index (χ1) is 9.58. The highest BCUT2D eigenvalue weighted by Crippen LogP contribution is 2.31. The molecule has 1 saturated heterocycles. The van der Waals surface area contributed by atoms with Crippen LogP contribution in [0.15, 0.2) is 18.2 Å². The Bertz CT molecular complexity index is 597. The van der Waals surface area contributed by atoms with Crippen LogP contribution in [0.4, 0.5) is 11.4 Å². The topological polar surface area (TPSA) is 105 Å². The number of anilines is 2. The molecule has 7 nitrogen and oxygen atoms in total. The van der Waals surface area contributed by atoms with Crippen LogP contribution < -0.4 is 11.5 Å². The van der Waals surface area contributed by atoms with Crippen molar-refractivity contribution in [2.45, 2.75) is 25.3 Å². The molecular formula is C13H18N6O. The minimum atomic E-state index is -0.240. The van der Waals surface area contributed by atoms with Crippen LogP contribution in [0.1, 0.15) is 19.8 Å². The number of hydrogen-bond donors (Lipinski definition) is 2. The monoisotopic (exact) mass is 274 g/mol. The summed E-state index contributed by atoms with van der Waals surface area (Å²) in [5, 5.41) is 12.1. The number of nitrogens with zero attached hydrogens (tertiary/aromatic N) is 4. The molecule has 2 heterocycles. The van der Waals surface area contributed by atoms with E-state index in [1.165, 1.54) is 0 Å². The van der Waals surface area contributed by atoms with E-state index >= 15 is 0 Å². The zero-order valence-electron chi connectivity index (χ0n) is 11.4. The van der Waals surface area contributed by atoms with Gasteiger partial charge in [-0.2, -0.15) is 0 Å². The van der Waals surface area contributed by atoms with Crippen molar-refractivity contribution >= 4 is 11.4 Å². The number of ether oxygens (including phenoxy) is 1. The molecule has 0 saturated carbocycles. The second-order valence-electron chi connectivity index (χ2n) is 5.46. The molecule has 0 aliphatic carbocycles. The van der Waals surface area contributed by atoms with E-state index in [4.69, 9.17) is 16.2 Å². The average Bonchev–Trinajstić information content (AvgIpc) is 2.88. The Balaban J connectivity index is 2.05. The van der Waals surface area contributed by atoms with Gasteiger partial charge in [0.05, 0.1) is 12.1 Å². The quantitative estimate of drug-likeness (QED) is 0.792. The minimum Gasteiger partial charge on any atom is -0.399 e. The molecule has 1 aliphatic heterocycles. The Morgan fingerprint density at radius 1 is 1.25 bits per heavy atom. The summed E-state index contributed by atoms with van der Waals surface area (Å²) in [6, 6.07) is 5.36. The van der Waals surface area contributed by atoms with Gasteiger partial charge < -0.3 is 16.2 Å². The fraction of sp³-hybridized carbons (Fsp3) is 0.462. The van der Waals surface area contributed by atoms with Gasteiger partial charge in [-0.1, -0.05) is 0 Å². The zero-order chi connectivity index (χ0) is 14.2. The summed E-state index contributed by atoms with van der Waals surface area (Å²) in [5.74, 6) is 0.664. The van der Waals surface area contributed by atoms with Gasteiger partial charge in [-0.25, -0.2) is 4.68 Å². The maximum Gasteiger partial charge on any atom is 0.182 e. The molecule has 1 aromatic heterocycles. The molecule has 1 atom stereocenters. The highest BCUT2D eigenvalue weighted by molar-refractivity contribution is 5.68. The highest BCUT2D eigenvalue weighted by atomic mass is 16.5. The summed E-state index contributed by atoms with van der Waals surface area (Å²) < 4.78 is 7.40. The summed E-state index contributed by atoms with van der Waals surface area (Å²) in [6.45, 7) is 3.49. The number of tetrazole rings is 1. The van der Waals surface area contributed by atoms with Crippen molar-refractivity contribution in [3.8, 4) is 11.4 Å². The van der Waals surface area contributed by atoms with Crippen LogP contribution in [-0.2, 0) is 10.3 Å². The molecule has 20 heavy (non-hydrogen) atoms. The van der Waals surface area contributed by atoms with E-state index in [0.29, 0.717) is 23.8 Å². The van der Waals surface area contributed by atoms with Crippen LogP contribution in [0.5, 0.6) is 0 Å². The number of rotatable bonds is 2. The standard InChI is InChI=1S/C13H18N6O/c1-13(3-2-4-20-8-13)19-12(16-17-18-19)9-5-10(14)7-11(15)6-9/h5-7H,2-4,8,14-15H2,1H3. The Labute approximate surface area is 116 Å². The second kappa shape index (κ2) is 4.75. The van der Waals surface area contributed by atoms with Gasteiger partial charge in [-0.15, -0.1) is 5.10 Å². The smallest absolute Gasteiger partial charge is 0.182 e. The summed E-state index contributed by atoms with van der Waals surface area (Å²) >= 11 is 0. The van der Waals surface area contributed by atoms with E-state index < -0.39 is 0 Å². The average molecular weight is 274 g/mol. The van der Waals surface area contributed by atoms with Crippen LogP contribution >= 0.6 is 0 Å². The number of nitrogens with two attached hydrogens (primary N) is 2. The second-order valence-corrected chi connectivity index (χ2v) is 5.46. The Kier molecular flexibility index (Phi) is 3.06. The highest BCUT2D eigenvalue weighted by Gasteiger charge is 2.33. The first kappa shape index (κ1) is 12.9. The maximum atomic E-state index is 5.84.